The SMILES string of the molecule is Cc1cc([C@@H](C)Nc2ccc(Cl)nc2C(=O)O)c2nc(N3Cc4ccccc4C3)cc(=O)n2c1. The first-order chi connectivity index (χ1) is 16.3. The van der Waals surface area contributed by atoms with E-state index in [1.54, 1.807) is 18.3 Å². The molecule has 34 heavy (non-hydrogen) atoms. The summed E-state index contributed by atoms with van der Waals surface area (Å²) in [5, 5.41) is 12.8. The van der Waals surface area contributed by atoms with Crippen molar-refractivity contribution in [1.82, 2.24) is 14.4 Å². The van der Waals surface area contributed by atoms with Crippen LogP contribution >= 0.6 is 11.6 Å². The Morgan fingerprint density at radius 1 is 1.12 bits per heavy atom. The van der Waals surface area contributed by atoms with E-state index in [1.165, 1.54) is 21.6 Å². The number of halogens is 1. The van der Waals surface area contributed by atoms with Gasteiger partial charge in [-0.3, -0.25) is 9.20 Å². The lowest BCUT2D eigenvalue weighted by atomic mass is 10.1. The van der Waals surface area contributed by atoms with Gasteiger partial charge in [-0.1, -0.05) is 35.9 Å². The average molecular weight is 476 g/mol. The molecule has 8 nitrogen and oxygen atoms in total. The van der Waals surface area contributed by atoms with Crippen LogP contribution in [-0.4, -0.2) is 25.4 Å². The normalized spacial score (nSPS) is 13.7. The summed E-state index contributed by atoms with van der Waals surface area (Å²) in [6.45, 7) is 5.16. The van der Waals surface area contributed by atoms with Gasteiger partial charge in [-0.25, -0.2) is 14.8 Å². The van der Waals surface area contributed by atoms with E-state index in [0.29, 0.717) is 30.2 Å². The lowest BCUT2D eigenvalue weighted by Crippen LogP contribution is -2.23. The van der Waals surface area contributed by atoms with E-state index < -0.39 is 5.97 Å². The molecule has 1 atom stereocenters. The first-order valence-electron chi connectivity index (χ1n) is 10.8. The predicted molar refractivity (Wildman–Crippen MR) is 131 cm³/mol. The molecule has 3 aromatic heterocycles. The number of rotatable bonds is 5. The van der Waals surface area contributed by atoms with E-state index in [0.717, 1.165) is 11.1 Å². The minimum atomic E-state index is -1.18. The summed E-state index contributed by atoms with van der Waals surface area (Å²) in [5.74, 6) is -0.575. The monoisotopic (exact) mass is 475 g/mol. The van der Waals surface area contributed by atoms with Gasteiger partial charge in [-0.05, 0) is 48.7 Å². The Bertz CT molecular complexity index is 1480. The second-order valence-corrected chi connectivity index (χ2v) is 8.83. The maximum absolute atomic E-state index is 13.1. The zero-order chi connectivity index (χ0) is 24.0. The van der Waals surface area contributed by atoms with Crippen LogP contribution in [0.15, 0.2) is 59.5 Å². The number of nitrogens with one attached hydrogen (secondary N) is 1. The minimum absolute atomic E-state index is 0.0982. The third kappa shape index (κ3) is 3.97. The van der Waals surface area contributed by atoms with Crippen molar-refractivity contribution in [2.24, 2.45) is 0 Å². The van der Waals surface area contributed by atoms with Crippen molar-refractivity contribution in [3.05, 3.63) is 98.2 Å². The molecular weight excluding hydrogens is 454 g/mol. The number of benzene rings is 1. The van der Waals surface area contributed by atoms with Gasteiger partial charge in [0, 0.05) is 30.9 Å². The standard InChI is InChI=1S/C25H22ClN5O3/c1-14-9-18(15(2)27-19-7-8-20(26)28-23(19)25(33)34)24-29-21(10-22(32)31(24)11-14)30-12-16-5-3-4-6-17(16)13-30/h3-11,15,27H,12-13H2,1-2H3,(H,33,34)/t15-/m1/s1. The molecule has 0 spiro atoms. The third-order valence-corrected chi connectivity index (χ3v) is 6.19. The van der Waals surface area contributed by atoms with Gasteiger partial charge in [0.15, 0.2) is 5.69 Å². The van der Waals surface area contributed by atoms with Crippen molar-refractivity contribution >= 4 is 34.7 Å². The van der Waals surface area contributed by atoms with Gasteiger partial charge in [0.2, 0.25) is 0 Å². The highest BCUT2D eigenvalue weighted by Gasteiger charge is 2.23. The zero-order valence-electron chi connectivity index (χ0n) is 18.6. The highest BCUT2D eigenvalue weighted by atomic mass is 35.5. The van der Waals surface area contributed by atoms with Crippen molar-refractivity contribution < 1.29 is 9.90 Å². The molecule has 0 radical (unpaired) electrons. The number of carbonyl (C=O) groups is 1. The molecule has 4 heterocycles. The molecule has 4 aromatic rings. The second-order valence-electron chi connectivity index (χ2n) is 8.45. The summed E-state index contributed by atoms with van der Waals surface area (Å²) < 4.78 is 1.54. The van der Waals surface area contributed by atoms with E-state index in [9.17, 15) is 14.7 Å². The number of aryl methyl sites for hydroxylation is 1. The van der Waals surface area contributed by atoms with Crippen molar-refractivity contribution in [3.63, 3.8) is 0 Å². The lowest BCUT2D eigenvalue weighted by molar-refractivity contribution is 0.0691. The minimum Gasteiger partial charge on any atom is -0.476 e. The summed E-state index contributed by atoms with van der Waals surface area (Å²) in [6.07, 6.45) is 1.76. The number of carboxylic acids is 1. The van der Waals surface area contributed by atoms with Gasteiger partial charge in [-0.15, -0.1) is 0 Å². The molecule has 0 amide bonds. The average Bonchev–Trinajstić information content (AvgIpc) is 3.24. The molecule has 172 valence electrons. The Morgan fingerprint density at radius 3 is 2.50 bits per heavy atom. The van der Waals surface area contributed by atoms with Gasteiger partial charge in [0.05, 0.1) is 11.7 Å². The molecule has 0 unspecified atom stereocenters. The zero-order valence-corrected chi connectivity index (χ0v) is 19.4. The van der Waals surface area contributed by atoms with Crippen molar-refractivity contribution in [2.45, 2.75) is 33.0 Å². The largest absolute Gasteiger partial charge is 0.476 e. The Hall–Kier alpha value is -3.91. The van der Waals surface area contributed by atoms with Crippen LogP contribution in [0, 0.1) is 6.92 Å². The predicted octanol–water partition coefficient (Wildman–Crippen LogP) is 4.44. The molecule has 0 fully saturated rings. The summed E-state index contributed by atoms with van der Waals surface area (Å²) in [6, 6.07) is 14.5. The van der Waals surface area contributed by atoms with Crippen LogP contribution in [0.1, 0.15) is 45.7 Å². The van der Waals surface area contributed by atoms with E-state index in [-0.39, 0.29) is 22.4 Å². The van der Waals surface area contributed by atoms with Gasteiger partial charge >= 0.3 is 5.97 Å². The maximum atomic E-state index is 13.1. The number of fused-ring (bicyclic) bond motifs is 2. The number of hydrogen-bond acceptors (Lipinski definition) is 6. The summed E-state index contributed by atoms with van der Waals surface area (Å²) in [4.78, 5) is 35.6. The summed E-state index contributed by atoms with van der Waals surface area (Å²) in [7, 11) is 0. The van der Waals surface area contributed by atoms with E-state index >= 15 is 0 Å². The second kappa shape index (κ2) is 8.46. The topological polar surface area (TPSA) is 99.8 Å². The molecule has 0 bridgehead atoms. The van der Waals surface area contributed by atoms with Gasteiger partial charge in [-0.2, -0.15) is 0 Å². The molecule has 1 aliphatic heterocycles. The number of pyridine rings is 2. The fraction of sp³-hybridized carbons (Fsp3) is 0.200. The number of carboxylic acid groups (broad SMARTS) is 1. The highest BCUT2D eigenvalue weighted by molar-refractivity contribution is 6.29. The summed E-state index contributed by atoms with van der Waals surface area (Å²) in [5.41, 5.74) is 4.60. The molecule has 9 heteroatoms. The first kappa shape index (κ1) is 21.9. The molecule has 0 saturated carbocycles. The molecule has 1 aliphatic rings. The quantitative estimate of drug-likeness (QED) is 0.411. The number of nitrogens with zero attached hydrogens (tertiary/aromatic N) is 4. The van der Waals surface area contributed by atoms with Gasteiger partial charge < -0.3 is 15.3 Å². The highest BCUT2D eigenvalue weighted by Crippen LogP contribution is 2.29. The molecule has 0 saturated heterocycles. The van der Waals surface area contributed by atoms with Crippen LogP contribution in [-0.2, 0) is 13.1 Å². The number of aromatic nitrogens is 3. The number of anilines is 2. The Balaban J connectivity index is 1.56. The fourth-order valence-electron chi connectivity index (χ4n) is 4.36. The first-order valence-corrected chi connectivity index (χ1v) is 11.2. The van der Waals surface area contributed by atoms with Crippen LogP contribution in [0.2, 0.25) is 5.15 Å². The van der Waals surface area contributed by atoms with E-state index in [1.807, 2.05) is 32.0 Å². The van der Waals surface area contributed by atoms with E-state index in [4.69, 9.17) is 16.6 Å². The smallest absolute Gasteiger partial charge is 0.356 e. The molecule has 0 aliphatic carbocycles. The van der Waals surface area contributed by atoms with E-state index in [2.05, 4.69) is 27.3 Å². The van der Waals surface area contributed by atoms with Gasteiger partial charge in [0.25, 0.3) is 5.56 Å². The molecule has 2 N–H and O–H groups in total. The van der Waals surface area contributed by atoms with Crippen molar-refractivity contribution in [3.8, 4) is 0 Å². The molecule has 1 aromatic carbocycles. The Morgan fingerprint density at radius 2 is 1.82 bits per heavy atom. The van der Waals surface area contributed by atoms with Crippen LogP contribution in [0.25, 0.3) is 5.65 Å². The molecular formula is C25H22ClN5O3. The van der Waals surface area contributed by atoms with Crippen LogP contribution in [0.4, 0.5) is 11.5 Å². The third-order valence-electron chi connectivity index (χ3n) is 5.98. The number of aromatic carboxylic acids is 1. The van der Waals surface area contributed by atoms with Crippen LogP contribution in [0.3, 0.4) is 0 Å². The summed E-state index contributed by atoms with van der Waals surface area (Å²) >= 11 is 5.89. The van der Waals surface area contributed by atoms with Crippen LogP contribution in [0.5, 0.6) is 0 Å². The van der Waals surface area contributed by atoms with Crippen molar-refractivity contribution in [1.29, 1.82) is 0 Å². The Labute approximate surface area is 200 Å². The maximum Gasteiger partial charge on any atom is 0.356 e. The lowest BCUT2D eigenvalue weighted by Gasteiger charge is -2.21. The number of hydrogen-bond donors (Lipinski definition) is 2. The van der Waals surface area contributed by atoms with Crippen LogP contribution < -0.4 is 15.8 Å². The fourth-order valence-corrected chi connectivity index (χ4v) is 4.51. The van der Waals surface area contributed by atoms with Crippen molar-refractivity contribution in [2.75, 3.05) is 10.2 Å². The Kier molecular flexibility index (Phi) is 5.45. The van der Waals surface area contributed by atoms with Gasteiger partial charge in [0.1, 0.15) is 16.6 Å². The molecule has 5 rings (SSSR count).